The Morgan fingerprint density at radius 2 is 2.12 bits per heavy atom. The number of pyridine rings is 1. The van der Waals surface area contributed by atoms with Crippen molar-refractivity contribution >= 4 is 11.6 Å². The molecule has 4 nitrogen and oxygen atoms in total. The van der Waals surface area contributed by atoms with E-state index in [1.165, 1.54) is 5.56 Å². The second-order valence-electron chi connectivity index (χ2n) is 3.89. The van der Waals surface area contributed by atoms with E-state index in [-0.39, 0.29) is 5.38 Å². The molecular weight excluding hydrogens is 236 g/mol. The molecule has 0 radical (unpaired) electrons. The molecule has 0 aliphatic carbocycles. The molecule has 0 fully saturated rings. The van der Waals surface area contributed by atoms with Crippen LogP contribution in [0.1, 0.15) is 30.0 Å². The first-order valence-corrected chi connectivity index (χ1v) is 6.16. The van der Waals surface area contributed by atoms with E-state index in [1.54, 1.807) is 12.4 Å². The van der Waals surface area contributed by atoms with Crippen LogP contribution < -0.4 is 0 Å². The summed E-state index contributed by atoms with van der Waals surface area (Å²) in [5, 5.41) is 8.10. The summed E-state index contributed by atoms with van der Waals surface area (Å²) in [6, 6.07) is 4.02. The SMILES string of the molecule is CCC(Cl)c1cn(CCc2ccncc2)nn1. The molecule has 1 unspecified atom stereocenters. The molecule has 90 valence electrons. The van der Waals surface area contributed by atoms with Crippen molar-refractivity contribution in [1.82, 2.24) is 20.0 Å². The van der Waals surface area contributed by atoms with Crippen molar-refractivity contribution in [2.45, 2.75) is 31.7 Å². The molecule has 2 heterocycles. The van der Waals surface area contributed by atoms with Gasteiger partial charge in [0.1, 0.15) is 5.69 Å². The van der Waals surface area contributed by atoms with Crippen LogP contribution in [0.15, 0.2) is 30.7 Å². The lowest BCUT2D eigenvalue weighted by atomic mass is 10.2. The second kappa shape index (κ2) is 5.77. The second-order valence-corrected chi connectivity index (χ2v) is 4.41. The Hall–Kier alpha value is -1.42. The van der Waals surface area contributed by atoms with Gasteiger partial charge in [-0.2, -0.15) is 0 Å². The van der Waals surface area contributed by atoms with Gasteiger partial charge in [-0.05, 0) is 30.5 Å². The zero-order chi connectivity index (χ0) is 12.1. The first-order valence-electron chi connectivity index (χ1n) is 5.72. The van der Waals surface area contributed by atoms with E-state index < -0.39 is 0 Å². The molecule has 0 saturated carbocycles. The number of rotatable bonds is 5. The zero-order valence-corrected chi connectivity index (χ0v) is 10.5. The molecule has 2 aromatic heterocycles. The van der Waals surface area contributed by atoms with Gasteiger partial charge in [0.15, 0.2) is 0 Å². The molecule has 0 spiro atoms. The van der Waals surface area contributed by atoms with Gasteiger partial charge in [0.25, 0.3) is 0 Å². The normalized spacial score (nSPS) is 12.6. The van der Waals surface area contributed by atoms with Crippen LogP contribution in [-0.2, 0) is 13.0 Å². The quantitative estimate of drug-likeness (QED) is 0.767. The molecule has 0 aliphatic rings. The van der Waals surface area contributed by atoms with Gasteiger partial charge in [-0.15, -0.1) is 16.7 Å². The summed E-state index contributed by atoms with van der Waals surface area (Å²) in [6.45, 7) is 2.85. The number of halogens is 1. The molecule has 1 atom stereocenters. The average Bonchev–Trinajstić information content (AvgIpc) is 2.85. The van der Waals surface area contributed by atoms with E-state index in [4.69, 9.17) is 11.6 Å². The van der Waals surface area contributed by atoms with Crippen molar-refractivity contribution in [3.05, 3.63) is 42.0 Å². The minimum atomic E-state index is -0.0373. The van der Waals surface area contributed by atoms with Gasteiger partial charge < -0.3 is 0 Å². The molecule has 5 heteroatoms. The van der Waals surface area contributed by atoms with Gasteiger partial charge in [0.05, 0.1) is 5.38 Å². The van der Waals surface area contributed by atoms with Gasteiger partial charge in [0.2, 0.25) is 0 Å². The van der Waals surface area contributed by atoms with E-state index in [0.717, 1.165) is 25.1 Å². The average molecular weight is 251 g/mol. The first kappa shape index (κ1) is 12.0. The highest BCUT2D eigenvalue weighted by atomic mass is 35.5. The number of aromatic nitrogens is 4. The molecule has 0 N–H and O–H groups in total. The minimum absolute atomic E-state index is 0.0373. The lowest BCUT2D eigenvalue weighted by Gasteiger charge is -2.01. The van der Waals surface area contributed by atoms with Gasteiger partial charge in [-0.1, -0.05) is 12.1 Å². The Balaban J connectivity index is 1.94. The predicted molar refractivity (Wildman–Crippen MR) is 66.8 cm³/mol. The third kappa shape index (κ3) is 3.27. The largest absolute Gasteiger partial charge is 0.265 e. The Bertz CT molecular complexity index is 455. The fourth-order valence-electron chi connectivity index (χ4n) is 1.57. The molecule has 0 aromatic carbocycles. The maximum absolute atomic E-state index is 6.10. The Morgan fingerprint density at radius 3 is 2.82 bits per heavy atom. The fourth-order valence-corrected chi connectivity index (χ4v) is 1.67. The molecule has 0 amide bonds. The standard InChI is InChI=1S/C12H15ClN4/c1-2-11(13)12-9-17(16-15-12)8-5-10-3-6-14-7-4-10/h3-4,6-7,9,11H,2,5,8H2,1H3. The molecule has 2 rings (SSSR count). The highest BCUT2D eigenvalue weighted by molar-refractivity contribution is 6.20. The number of aryl methyl sites for hydroxylation is 2. The van der Waals surface area contributed by atoms with Crippen LogP contribution in [0.4, 0.5) is 0 Å². The maximum Gasteiger partial charge on any atom is 0.100 e. The van der Waals surface area contributed by atoms with Crippen molar-refractivity contribution in [2.24, 2.45) is 0 Å². The Kier molecular flexibility index (Phi) is 4.09. The summed E-state index contributed by atoms with van der Waals surface area (Å²) in [4.78, 5) is 3.99. The third-order valence-corrected chi connectivity index (χ3v) is 3.15. The van der Waals surface area contributed by atoms with E-state index in [2.05, 4.69) is 15.3 Å². The summed E-state index contributed by atoms with van der Waals surface area (Å²) in [5.41, 5.74) is 2.10. The van der Waals surface area contributed by atoms with Crippen LogP contribution in [0, 0.1) is 0 Å². The van der Waals surface area contributed by atoms with E-state index >= 15 is 0 Å². The summed E-state index contributed by atoms with van der Waals surface area (Å²) in [7, 11) is 0. The predicted octanol–water partition coefficient (Wildman–Crippen LogP) is 2.61. The van der Waals surface area contributed by atoms with Gasteiger partial charge in [-0.25, -0.2) is 0 Å². The molecule has 0 bridgehead atoms. The number of alkyl halides is 1. The van der Waals surface area contributed by atoms with Gasteiger partial charge in [-0.3, -0.25) is 9.67 Å². The number of hydrogen-bond donors (Lipinski definition) is 0. The van der Waals surface area contributed by atoms with Crippen molar-refractivity contribution in [3.8, 4) is 0 Å². The van der Waals surface area contributed by atoms with Crippen molar-refractivity contribution in [2.75, 3.05) is 0 Å². The van der Waals surface area contributed by atoms with E-state index in [0.29, 0.717) is 0 Å². The summed E-state index contributed by atoms with van der Waals surface area (Å²) >= 11 is 6.10. The Morgan fingerprint density at radius 1 is 1.35 bits per heavy atom. The van der Waals surface area contributed by atoms with Crippen LogP contribution in [0.2, 0.25) is 0 Å². The number of hydrogen-bond acceptors (Lipinski definition) is 3. The minimum Gasteiger partial charge on any atom is -0.265 e. The van der Waals surface area contributed by atoms with Crippen molar-refractivity contribution in [3.63, 3.8) is 0 Å². The zero-order valence-electron chi connectivity index (χ0n) is 9.75. The Labute approximate surface area is 106 Å². The van der Waals surface area contributed by atoms with Crippen LogP contribution in [-0.4, -0.2) is 20.0 Å². The molecule has 17 heavy (non-hydrogen) atoms. The highest BCUT2D eigenvalue weighted by Gasteiger charge is 2.09. The third-order valence-electron chi connectivity index (χ3n) is 2.61. The van der Waals surface area contributed by atoms with Crippen LogP contribution in [0.5, 0.6) is 0 Å². The fraction of sp³-hybridized carbons (Fsp3) is 0.417. The number of nitrogens with zero attached hydrogens (tertiary/aromatic N) is 4. The van der Waals surface area contributed by atoms with E-state index in [9.17, 15) is 0 Å². The van der Waals surface area contributed by atoms with Crippen LogP contribution in [0.3, 0.4) is 0 Å². The van der Waals surface area contributed by atoms with Gasteiger partial charge >= 0.3 is 0 Å². The topological polar surface area (TPSA) is 43.6 Å². The monoisotopic (exact) mass is 250 g/mol. The maximum atomic E-state index is 6.10. The lowest BCUT2D eigenvalue weighted by molar-refractivity contribution is 0.589. The highest BCUT2D eigenvalue weighted by Crippen LogP contribution is 2.20. The van der Waals surface area contributed by atoms with Crippen molar-refractivity contribution < 1.29 is 0 Å². The summed E-state index contributed by atoms with van der Waals surface area (Å²) in [5.74, 6) is 0. The molecule has 0 aliphatic heterocycles. The summed E-state index contributed by atoms with van der Waals surface area (Å²) < 4.78 is 1.83. The van der Waals surface area contributed by atoms with Crippen LogP contribution in [0.25, 0.3) is 0 Å². The van der Waals surface area contributed by atoms with Crippen molar-refractivity contribution in [1.29, 1.82) is 0 Å². The first-order chi connectivity index (χ1) is 8.29. The van der Waals surface area contributed by atoms with E-state index in [1.807, 2.05) is 29.9 Å². The van der Waals surface area contributed by atoms with Gasteiger partial charge in [0, 0.05) is 25.1 Å². The summed E-state index contributed by atoms with van der Waals surface area (Å²) in [6.07, 6.45) is 7.30. The smallest absolute Gasteiger partial charge is 0.100 e. The molecule has 2 aromatic rings. The van der Waals surface area contributed by atoms with Crippen LogP contribution >= 0.6 is 11.6 Å². The lowest BCUT2D eigenvalue weighted by Crippen LogP contribution is -2.02. The molecule has 0 saturated heterocycles. The molecular formula is C12H15ClN4.